The fourth-order valence-electron chi connectivity index (χ4n) is 3.34. The summed E-state index contributed by atoms with van der Waals surface area (Å²) in [5.74, 6) is 0.0452. The average Bonchev–Trinajstić information content (AvgIpc) is 2.61. The van der Waals surface area contributed by atoms with Gasteiger partial charge in [-0.1, -0.05) is 17.7 Å². The zero-order chi connectivity index (χ0) is 20.5. The number of aromatic hydroxyl groups is 1. The van der Waals surface area contributed by atoms with E-state index in [0.717, 1.165) is 12.0 Å². The Morgan fingerprint density at radius 3 is 2.79 bits per heavy atom. The van der Waals surface area contributed by atoms with Crippen LogP contribution in [0.1, 0.15) is 36.6 Å². The van der Waals surface area contributed by atoms with Crippen LogP contribution in [0.2, 0.25) is 5.02 Å². The molecule has 28 heavy (non-hydrogen) atoms. The molecule has 0 fully saturated rings. The maximum atomic E-state index is 11.5. The molecule has 6 nitrogen and oxygen atoms in total. The fraction of sp³-hybridized carbons (Fsp3) is 0.381. The van der Waals surface area contributed by atoms with Crippen molar-refractivity contribution in [1.82, 2.24) is 5.32 Å². The van der Waals surface area contributed by atoms with Gasteiger partial charge in [-0.15, -0.1) is 0 Å². The summed E-state index contributed by atoms with van der Waals surface area (Å²) < 4.78 is 5.47. The summed E-state index contributed by atoms with van der Waals surface area (Å²) in [6.07, 6.45) is -0.158. The number of hydrogen-bond donors (Lipinski definition) is 4. The molecule has 2 aromatic rings. The van der Waals surface area contributed by atoms with Crippen molar-refractivity contribution in [3.63, 3.8) is 0 Å². The summed E-state index contributed by atoms with van der Waals surface area (Å²) in [6.45, 7) is 6.28. The minimum absolute atomic E-state index is 0.0466. The van der Waals surface area contributed by atoms with Gasteiger partial charge in [0.2, 0.25) is 0 Å². The summed E-state index contributed by atoms with van der Waals surface area (Å²) in [4.78, 5) is 11.5. The van der Waals surface area contributed by atoms with E-state index in [4.69, 9.17) is 16.3 Å². The first-order chi connectivity index (χ1) is 13.1. The lowest BCUT2D eigenvalue weighted by Crippen LogP contribution is -2.43. The molecule has 1 amide bonds. The van der Waals surface area contributed by atoms with Gasteiger partial charge in [-0.25, -0.2) is 0 Å². The number of aliphatic hydroxyl groups excluding tert-OH is 1. The van der Waals surface area contributed by atoms with Crippen LogP contribution >= 0.6 is 11.6 Å². The van der Waals surface area contributed by atoms with Gasteiger partial charge in [-0.2, -0.15) is 0 Å². The lowest BCUT2D eigenvalue weighted by atomic mass is 9.92. The first-order valence-corrected chi connectivity index (χ1v) is 9.50. The quantitative estimate of drug-likeness (QED) is 0.593. The normalized spacial score (nSPS) is 14.8. The highest BCUT2D eigenvalue weighted by Gasteiger charge is 2.26. The van der Waals surface area contributed by atoms with Crippen molar-refractivity contribution < 1.29 is 19.7 Å². The van der Waals surface area contributed by atoms with Gasteiger partial charge in [0.05, 0.1) is 11.8 Å². The van der Waals surface area contributed by atoms with E-state index >= 15 is 0 Å². The van der Waals surface area contributed by atoms with Crippen molar-refractivity contribution in [1.29, 1.82) is 0 Å². The van der Waals surface area contributed by atoms with Gasteiger partial charge >= 0.3 is 0 Å². The van der Waals surface area contributed by atoms with E-state index in [1.165, 1.54) is 17.7 Å². The molecule has 0 saturated carbocycles. The van der Waals surface area contributed by atoms with E-state index in [1.807, 2.05) is 25.1 Å². The van der Waals surface area contributed by atoms with Gasteiger partial charge in [0, 0.05) is 28.7 Å². The number of amides is 1. The zero-order valence-corrected chi connectivity index (χ0v) is 16.9. The summed E-state index contributed by atoms with van der Waals surface area (Å²) >= 11 is 6.03. The molecule has 1 atom stereocenters. The molecule has 150 valence electrons. The lowest BCUT2D eigenvalue weighted by molar-refractivity contribution is -0.118. The topological polar surface area (TPSA) is 90.8 Å². The largest absolute Gasteiger partial charge is 0.508 e. The Morgan fingerprint density at radius 1 is 1.32 bits per heavy atom. The van der Waals surface area contributed by atoms with Crippen LogP contribution in [0, 0.1) is 6.92 Å². The lowest BCUT2D eigenvalue weighted by Gasteiger charge is -2.30. The number of aryl methyl sites for hydroxylation is 1. The molecule has 1 aliphatic heterocycles. The van der Waals surface area contributed by atoms with Crippen molar-refractivity contribution in [2.24, 2.45) is 0 Å². The minimum Gasteiger partial charge on any atom is -0.508 e. The van der Waals surface area contributed by atoms with Gasteiger partial charge in [0.25, 0.3) is 5.91 Å². The number of phenols is 1. The van der Waals surface area contributed by atoms with Gasteiger partial charge in [-0.3, -0.25) is 4.79 Å². The standard InChI is InChI=1S/C21H25ClN2O4/c1-12-6-14(22)5-4-13(12)9-21(2,3)23-10-18(26)16-7-15(25)8-17-20(16)28-11-19(27)24-17/h4-8,18,23,25-26H,9-11H2,1-3H3,(H,24,27). The second-order valence-corrected chi connectivity index (χ2v) is 8.21. The van der Waals surface area contributed by atoms with E-state index in [9.17, 15) is 15.0 Å². The second-order valence-electron chi connectivity index (χ2n) is 7.78. The molecule has 2 aromatic carbocycles. The van der Waals surface area contributed by atoms with Gasteiger partial charge < -0.3 is 25.6 Å². The molecular weight excluding hydrogens is 380 g/mol. The molecule has 1 heterocycles. The van der Waals surface area contributed by atoms with Crippen LogP contribution in [0.5, 0.6) is 11.5 Å². The molecule has 0 radical (unpaired) electrons. The SMILES string of the molecule is Cc1cc(Cl)ccc1CC(C)(C)NCC(O)c1cc(O)cc2c1OCC(=O)N2. The molecule has 0 bridgehead atoms. The average molecular weight is 405 g/mol. The smallest absolute Gasteiger partial charge is 0.262 e. The molecule has 0 spiro atoms. The molecule has 4 N–H and O–H groups in total. The van der Waals surface area contributed by atoms with E-state index in [1.54, 1.807) is 0 Å². The predicted molar refractivity (Wildman–Crippen MR) is 109 cm³/mol. The Hall–Kier alpha value is -2.28. The maximum Gasteiger partial charge on any atom is 0.262 e. The number of hydrogen-bond acceptors (Lipinski definition) is 5. The number of ether oxygens (including phenoxy) is 1. The van der Waals surface area contributed by atoms with Crippen LogP contribution in [0.4, 0.5) is 5.69 Å². The first kappa shape index (κ1) is 20.5. The van der Waals surface area contributed by atoms with Crippen LogP contribution in [0.3, 0.4) is 0 Å². The first-order valence-electron chi connectivity index (χ1n) is 9.12. The molecular formula is C21H25ClN2O4. The van der Waals surface area contributed by atoms with E-state index in [2.05, 4.69) is 24.5 Å². The third kappa shape index (κ3) is 4.76. The van der Waals surface area contributed by atoms with Crippen LogP contribution in [0.25, 0.3) is 0 Å². The molecule has 0 saturated heterocycles. The van der Waals surface area contributed by atoms with Gasteiger partial charge in [-0.05, 0) is 56.5 Å². The van der Waals surface area contributed by atoms with E-state index in [-0.39, 0.29) is 30.3 Å². The number of β-amino-alcohol motifs (C(OH)–C–C–N with tert-alkyl or cyclic N) is 1. The predicted octanol–water partition coefficient (Wildman–Crippen LogP) is 3.33. The van der Waals surface area contributed by atoms with Gasteiger partial charge in [0.15, 0.2) is 6.61 Å². The zero-order valence-electron chi connectivity index (χ0n) is 16.2. The number of halogens is 1. The monoisotopic (exact) mass is 404 g/mol. The Balaban J connectivity index is 1.71. The van der Waals surface area contributed by atoms with Crippen LogP contribution in [0.15, 0.2) is 30.3 Å². The summed E-state index contributed by atoms with van der Waals surface area (Å²) in [7, 11) is 0. The Kier molecular flexibility index (Phi) is 5.84. The number of rotatable bonds is 6. The molecule has 1 unspecified atom stereocenters. The van der Waals surface area contributed by atoms with Crippen LogP contribution < -0.4 is 15.4 Å². The maximum absolute atomic E-state index is 11.5. The highest BCUT2D eigenvalue weighted by atomic mass is 35.5. The highest BCUT2D eigenvalue weighted by Crippen LogP contribution is 2.38. The van der Waals surface area contributed by atoms with Crippen LogP contribution in [-0.4, -0.2) is 34.8 Å². The third-order valence-electron chi connectivity index (χ3n) is 4.79. The van der Waals surface area contributed by atoms with Crippen LogP contribution in [-0.2, 0) is 11.2 Å². The number of carbonyl (C=O) groups excluding carboxylic acids is 1. The van der Waals surface area contributed by atoms with Crippen molar-refractivity contribution >= 4 is 23.2 Å². The van der Waals surface area contributed by atoms with Crippen molar-refractivity contribution in [2.45, 2.75) is 38.8 Å². The Morgan fingerprint density at radius 2 is 2.07 bits per heavy atom. The highest BCUT2D eigenvalue weighted by molar-refractivity contribution is 6.30. The molecule has 0 aromatic heterocycles. The number of carbonyl (C=O) groups is 1. The second kappa shape index (κ2) is 7.99. The van der Waals surface area contributed by atoms with Gasteiger partial charge in [0.1, 0.15) is 11.5 Å². The number of nitrogens with one attached hydrogen (secondary N) is 2. The summed E-state index contributed by atoms with van der Waals surface area (Å²) in [5.41, 5.74) is 2.81. The summed E-state index contributed by atoms with van der Waals surface area (Å²) in [5, 5.41) is 27.4. The Labute approximate surface area is 169 Å². The van der Waals surface area contributed by atoms with Crippen molar-refractivity contribution in [3.8, 4) is 11.5 Å². The Bertz CT molecular complexity index is 898. The number of phenolic OH excluding ortho intramolecular Hbond substituents is 1. The van der Waals surface area contributed by atoms with Crippen molar-refractivity contribution in [3.05, 3.63) is 52.0 Å². The number of anilines is 1. The summed E-state index contributed by atoms with van der Waals surface area (Å²) in [6, 6.07) is 8.69. The number of benzene rings is 2. The molecule has 3 rings (SSSR count). The third-order valence-corrected chi connectivity index (χ3v) is 5.03. The van der Waals surface area contributed by atoms with E-state index in [0.29, 0.717) is 22.0 Å². The molecule has 7 heteroatoms. The number of fused-ring (bicyclic) bond motifs is 1. The van der Waals surface area contributed by atoms with E-state index < -0.39 is 6.10 Å². The minimum atomic E-state index is -0.915. The fourth-order valence-corrected chi connectivity index (χ4v) is 3.57. The molecule has 1 aliphatic rings. The number of aliphatic hydroxyl groups is 1. The molecule has 0 aliphatic carbocycles. The van der Waals surface area contributed by atoms with Crippen molar-refractivity contribution in [2.75, 3.05) is 18.5 Å².